The van der Waals surface area contributed by atoms with Crippen LogP contribution in [0.2, 0.25) is 0 Å². The van der Waals surface area contributed by atoms with Crippen LogP contribution in [0, 0.1) is 12.3 Å². The van der Waals surface area contributed by atoms with Gasteiger partial charge in [0.05, 0.1) is 25.5 Å². The smallest absolute Gasteiger partial charge is 0.333 e. The predicted octanol–water partition coefficient (Wildman–Crippen LogP) is -1.55. The minimum Gasteiger partial charge on any atom is -0.394 e. The second-order valence-electron chi connectivity index (χ2n) is 4.99. The van der Waals surface area contributed by atoms with Gasteiger partial charge >= 0.3 is 5.69 Å². The molecule has 22 heavy (non-hydrogen) atoms. The first kappa shape index (κ1) is 14.5. The van der Waals surface area contributed by atoms with Crippen LogP contribution in [-0.4, -0.2) is 48.1 Å². The molecule has 3 unspecified atom stereocenters. The van der Waals surface area contributed by atoms with E-state index in [4.69, 9.17) is 22.0 Å². The highest BCUT2D eigenvalue weighted by Gasteiger charge is 2.36. The Morgan fingerprint density at radius 3 is 3.00 bits per heavy atom. The number of imidazole rings is 1. The third kappa shape index (κ3) is 2.14. The molecule has 2 aromatic heterocycles. The molecule has 0 amide bonds. The Labute approximate surface area is 125 Å². The molecule has 116 valence electrons. The van der Waals surface area contributed by atoms with Crippen molar-refractivity contribution >= 4 is 17.1 Å². The summed E-state index contributed by atoms with van der Waals surface area (Å²) < 4.78 is 8.14. The molecule has 0 saturated carbocycles. The van der Waals surface area contributed by atoms with Crippen LogP contribution >= 0.6 is 0 Å². The Kier molecular flexibility index (Phi) is 3.58. The van der Waals surface area contributed by atoms with Gasteiger partial charge in [-0.1, -0.05) is 5.92 Å². The van der Waals surface area contributed by atoms with Gasteiger partial charge in [0.25, 0.3) is 0 Å². The minimum absolute atomic E-state index is 0.0105. The SMILES string of the molecule is C#CCn1c(=O)n(C2CC(O)C(CO)O2)c2nc(N)ncc21. The highest BCUT2D eigenvalue weighted by atomic mass is 16.5. The van der Waals surface area contributed by atoms with Crippen molar-refractivity contribution in [2.75, 3.05) is 12.3 Å². The normalized spacial score (nSPS) is 24.7. The first-order valence-electron chi connectivity index (χ1n) is 6.68. The van der Waals surface area contributed by atoms with Crippen molar-refractivity contribution in [1.82, 2.24) is 19.1 Å². The van der Waals surface area contributed by atoms with E-state index in [-0.39, 0.29) is 31.2 Å². The molecule has 0 bridgehead atoms. The highest BCUT2D eigenvalue weighted by molar-refractivity contribution is 5.72. The summed E-state index contributed by atoms with van der Waals surface area (Å²) in [5.41, 5.74) is 5.88. The number of fused-ring (bicyclic) bond motifs is 1. The lowest BCUT2D eigenvalue weighted by Crippen LogP contribution is -2.28. The van der Waals surface area contributed by atoms with Crippen LogP contribution in [0.15, 0.2) is 11.0 Å². The summed E-state index contributed by atoms with van der Waals surface area (Å²) >= 11 is 0. The predicted molar refractivity (Wildman–Crippen MR) is 76.7 cm³/mol. The molecule has 0 radical (unpaired) electrons. The van der Waals surface area contributed by atoms with Gasteiger partial charge in [-0.15, -0.1) is 6.42 Å². The van der Waals surface area contributed by atoms with Crippen LogP contribution in [0.4, 0.5) is 5.95 Å². The van der Waals surface area contributed by atoms with E-state index >= 15 is 0 Å². The second kappa shape index (κ2) is 5.42. The number of nitrogens with two attached hydrogens (primary N) is 1. The number of nitrogen functional groups attached to an aromatic ring is 1. The van der Waals surface area contributed by atoms with Gasteiger partial charge < -0.3 is 20.7 Å². The molecule has 9 heteroatoms. The van der Waals surface area contributed by atoms with Gasteiger partial charge in [-0.05, 0) is 0 Å². The number of ether oxygens (including phenoxy) is 1. The van der Waals surface area contributed by atoms with Crippen molar-refractivity contribution in [3.8, 4) is 12.3 Å². The van der Waals surface area contributed by atoms with Gasteiger partial charge in [0.2, 0.25) is 5.95 Å². The fraction of sp³-hybridized carbons (Fsp3) is 0.462. The summed E-state index contributed by atoms with van der Waals surface area (Å²) in [6.45, 7) is -0.291. The van der Waals surface area contributed by atoms with E-state index in [1.165, 1.54) is 15.3 Å². The number of nitrogens with zero attached hydrogens (tertiary/aromatic N) is 4. The number of anilines is 1. The third-order valence-corrected chi connectivity index (χ3v) is 3.65. The van der Waals surface area contributed by atoms with Gasteiger partial charge in [-0.2, -0.15) is 4.98 Å². The van der Waals surface area contributed by atoms with Crippen molar-refractivity contribution in [3.63, 3.8) is 0 Å². The average molecular weight is 305 g/mol. The Morgan fingerprint density at radius 2 is 2.36 bits per heavy atom. The quantitative estimate of drug-likeness (QED) is 0.585. The molecule has 3 atom stereocenters. The highest BCUT2D eigenvalue weighted by Crippen LogP contribution is 2.29. The van der Waals surface area contributed by atoms with E-state index in [2.05, 4.69) is 15.9 Å². The van der Waals surface area contributed by atoms with Crippen LogP contribution in [0.3, 0.4) is 0 Å². The van der Waals surface area contributed by atoms with Gasteiger partial charge in [0.1, 0.15) is 17.8 Å². The van der Waals surface area contributed by atoms with Gasteiger partial charge in [0, 0.05) is 6.42 Å². The number of hydrogen-bond donors (Lipinski definition) is 3. The molecule has 4 N–H and O–H groups in total. The van der Waals surface area contributed by atoms with Crippen LogP contribution < -0.4 is 11.4 Å². The zero-order valence-corrected chi connectivity index (χ0v) is 11.6. The van der Waals surface area contributed by atoms with Crippen molar-refractivity contribution in [2.45, 2.75) is 31.4 Å². The molecular weight excluding hydrogens is 290 g/mol. The monoisotopic (exact) mass is 305 g/mol. The fourth-order valence-corrected chi connectivity index (χ4v) is 2.61. The zero-order valence-electron chi connectivity index (χ0n) is 11.6. The first-order valence-corrected chi connectivity index (χ1v) is 6.68. The molecule has 0 spiro atoms. The first-order chi connectivity index (χ1) is 10.6. The molecule has 1 aliphatic rings. The number of terminal acetylenes is 1. The topological polar surface area (TPSA) is 128 Å². The Morgan fingerprint density at radius 1 is 1.59 bits per heavy atom. The summed E-state index contributed by atoms with van der Waals surface area (Å²) in [7, 11) is 0. The lowest BCUT2D eigenvalue weighted by Gasteiger charge is -2.12. The maximum absolute atomic E-state index is 12.6. The Hall–Kier alpha value is -2.41. The van der Waals surface area contributed by atoms with Gasteiger partial charge in [0.15, 0.2) is 5.65 Å². The Bertz CT molecular complexity index is 805. The van der Waals surface area contributed by atoms with E-state index in [1.807, 2.05) is 0 Å². The van der Waals surface area contributed by atoms with E-state index in [1.54, 1.807) is 0 Å². The molecule has 0 aromatic carbocycles. The number of aliphatic hydroxyl groups is 2. The lowest BCUT2D eigenvalue weighted by atomic mass is 10.2. The minimum atomic E-state index is -0.868. The van der Waals surface area contributed by atoms with Crippen molar-refractivity contribution in [3.05, 3.63) is 16.7 Å². The van der Waals surface area contributed by atoms with E-state index in [0.29, 0.717) is 5.52 Å². The molecule has 1 fully saturated rings. The number of aromatic nitrogens is 4. The van der Waals surface area contributed by atoms with Crippen LogP contribution in [0.25, 0.3) is 11.2 Å². The fourth-order valence-electron chi connectivity index (χ4n) is 2.61. The standard InChI is InChI=1S/C13H15N5O4/c1-2-3-17-7-5-15-12(14)16-11(7)18(13(17)21)10-4-8(20)9(6-19)22-10/h1,5,8-10,19-20H,3-4,6H2,(H2,14,15,16). The van der Waals surface area contributed by atoms with Crippen LogP contribution in [0.1, 0.15) is 12.6 Å². The maximum atomic E-state index is 12.6. The molecule has 3 heterocycles. The Balaban J connectivity index is 2.17. The van der Waals surface area contributed by atoms with Crippen LogP contribution in [0.5, 0.6) is 0 Å². The largest absolute Gasteiger partial charge is 0.394 e. The number of hydrogen-bond acceptors (Lipinski definition) is 7. The zero-order chi connectivity index (χ0) is 15.9. The second-order valence-corrected chi connectivity index (χ2v) is 4.99. The average Bonchev–Trinajstić information content (AvgIpc) is 2.97. The van der Waals surface area contributed by atoms with E-state index in [9.17, 15) is 9.90 Å². The third-order valence-electron chi connectivity index (χ3n) is 3.65. The molecule has 2 aromatic rings. The van der Waals surface area contributed by atoms with Crippen molar-refractivity contribution in [1.29, 1.82) is 0 Å². The van der Waals surface area contributed by atoms with Gasteiger partial charge in [-0.25, -0.2) is 14.3 Å². The molecule has 9 nitrogen and oxygen atoms in total. The molecule has 0 aliphatic carbocycles. The van der Waals surface area contributed by atoms with Crippen molar-refractivity contribution < 1.29 is 14.9 Å². The summed E-state index contributed by atoms with van der Waals surface area (Å²) in [6, 6.07) is 0. The van der Waals surface area contributed by atoms with Gasteiger partial charge in [-0.3, -0.25) is 4.57 Å². The molecule has 3 rings (SSSR count). The number of rotatable bonds is 3. The van der Waals surface area contributed by atoms with Crippen molar-refractivity contribution in [2.24, 2.45) is 0 Å². The summed E-state index contributed by atoms with van der Waals surface area (Å²) in [4.78, 5) is 20.5. The molecular formula is C13H15N5O4. The van der Waals surface area contributed by atoms with E-state index < -0.39 is 24.1 Å². The summed E-state index contributed by atoms with van der Waals surface area (Å²) in [5.74, 6) is 2.41. The summed E-state index contributed by atoms with van der Waals surface area (Å²) in [5, 5.41) is 19.0. The van der Waals surface area contributed by atoms with Crippen LogP contribution in [-0.2, 0) is 11.3 Å². The molecule has 1 saturated heterocycles. The number of aliphatic hydroxyl groups excluding tert-OH is 2. The summed E-state index contributed by atoms with van der Waals surface area (Å²) in [6.07, 6.45) is 4.49. The molecule has 1 aliphatic heterocycles. The lowest BCUT2D eigenvalue weighted by molar-refractivity contribution is -0.0443. The maximum Gasteiger partial charge on any atom is 0.333 e. The van der Waals surface area contributed by atoms with E-state index in [0.717, 1.165) is 0 Å².